The van der Waals surface area contributed by atoms with Gasteiger partial charge in [0.15, 0.2) is 0 Å². The highest BCUT2D eigenvalue weighted by atomic mass is 35.5. The van der Waals surface area contributed by atoms with Crippen molar-refractivity contribution in [1.82, 2.24) is 9.97 Å². The van der Waals surface area contributed by atoms with E-state index in [1.165, 1.54) is 6.42 Å². The molecule has 2 heterocycles. The van der Waals surface area contributed by atoms with Gasteiger partial charge in [0.2, 0.25) is 0 Å². The second-order valence-corrected chi connectivity index (χ2v) is 6.97. The molecule has 0 radical (unpaired) electrons. The summed E-state index contributed by atoms with van der Waals surface area (Å²) in [6.45, 7) is 8.96. The molecule has 1 atom stereocenters. The van der Waals surface area contributed by atoms with E-state index in [0.29, 0.717) is 11.1 Å². The zero-order valence-corrected chi connectivity index (χ0v) is 13.6. The minimum atomic E-state index is -0.103. The van der Waals surface area contributed by atoms with Crippen molar-refractivity contribution in [3.8, 4) is 0 Å². The molecule has 1 aromatic rings. The molecule has 4 nitrogen and oxygen atoms in total. The summed E-state index contributed by atoms with van der Waals surface area (Å²) in [4.78, 5) is 11.2. The van der Waals surface area contributed by atoms with E-state index in [2.05, 4.69) is 42.7 Å². The van der Waals surface area contributed by atoms with Crippen molar-refractivity contribution < 1.29 is 4.74 Å². The summed E-state index contributed by atoms with van der Waals surface area (Å²) in [7, 11) is 2.06. The molecular weight excluding hydrogens is 274 g/mol. The zero-order valence-electron chi connectivity index (χ0n) is 12.8. The summed E-state index contributed by atoms with van der Waals surface area (Å²) in [5, 5.41) is 0.506. The van der Waals surface area contributed by atoms with Gasteiger partial charge in [-0.1, -0.05) is 32.4 Å². The monoisotopic (exact) mass is 297 g/mol. The van der Waals surface area contributed by atoms with Crippen molar-refractivity contribution in [3.63, 3.8) is 0 Å². The molecule has 1 aliphatic heterocycles. The molecule has 0 bridgehead atoms. The Bertz CT molecular complexity index is 453. The van der Waals surface area contributed by atoms with E-state index in [-0.39, 0.29) is 5.41 Å². The molecule has 1 saturated heterocycles. The van der Waals surface area contributed by atoms with Gasteiger partial charge in [-0.15, -0.1) is 0 Å². The van der Waals surface area contributed by atoms with Crippen molar-refractivity contribution in [2.24, 2.45) is 5.92 Å². The fraction of sp³-hybridized carbons (Fsp3) is 0.733. The van der Waals surface area contributed by atoms with E-state index in [0.717, 1.165) is 37.8 Å². The SMILES string of the molecule is CN(CC1CCCOC1)c1cc(Cl)nc(C(C)(C)C)n1. The molecule has 1 aromatic heterocycles. The molecule has 2 rings (SSSR count). The molecular formula is C15H24ClN3O. The summed E-state index contributed by atoms with van der Waals surface area (Å²) >= 11 is 6.14. The average Bonchev–Trinajstić information content (AvgIpc) is 2.38. The molecule has 0 saturated carbocycles. The van der Waals surface area contributed by atoms with Crippen molar-refractivity contribution in [2.75, 3.05) is 31.7 Å². The minimum Gasteiger partial charge on any atom is -0.381 e. The van der Waals surface area contributed by atoms with Gasteiger partial charge in [-0.2, -0.15) is 0 Å². The fourth-order valence-electron chi connectivity index (χ4n) is 2.37. The first-order valence-electron chi connectivity index (χ1n) is 7.20. The second kappa shape index (κ2) is 6.27. The van der Waals surface area contributed by atoms with Gasteiger partial charge in [-0.25, -0.2) is 9.97 Å². The largest absolute Gasteiger partial charge is 0.381 e. The van der Waals surface area contributed by atoms with Crippen LogP contribution in [-0.4, -0.2) is 36.8 Å². The summed E-state index contributed by atoms with van der Waals surface area (Å²) < 4.78 is 5.54. The van der Waals surface area contributed by atoms with Crippen molar-refractivity contribution in [1.29, 1.82) is 0 Å². The second-order valence-electron chi connectivity index (χ2n) is 6.59. The Hall–Kier alpha value is -0.870. The van der Waals surface area contributed by atoms with Crippen LogP contribution in [0.4, 0.5) is 5.82 Å². The lowest BCUT2D eigenvalue weighted by molar-refractivity contribution is 0.0576. The minimum absolute atomic E-state index is 0.103. The molecule has 112 valence electrons. The van der Waals surface area contributed by atoms with Crippen molar-refractivity contribution in [2.45, 2.75) is 39.0 Å². The molecule has 1 unspecified atom stereocenters. The van der Waals surface area contributed by atoms with Gasteiger partial charge < -0.3 is 9.64 Å². The molecule has 0 aliphatic carbocycles. The highest BCUT2D eigenvalue weighted by Crippen LogP contribution is 2.24. The van der Waals surface area contributed by atoms with Crippen LogP contribution in [0, 0.1) is 5.92 Å². The van der Waals surface area contributed by atoms with E-state index in [9.17, 15) is 0 Å². The van der Waals surface area contributed by atoms with Gasteiger partial charge in [0.25, 0.3) is 0 Å². The molecule has 0 amide bonds. The van der Waals surface area contributed by atoms with E-state index in [1.54, 1.807) is 0 Å². The Labute approximate surface area is 126 Å². The maximum atomic E-state index is 6.14. The maximum Gasteiger partial charge on any atom is 0.137 e. The number of hydrogen-bond acceptors (Lipinski definition) is 4. The van der Waals surface area contributed by atoms with Crippen LogP contribution >= 0.6 is 11.6 Å². The molecule has 1 fully saturated rings. The fourth-order valence-corrected chi connectivity index (χ4v) is 2.55. The van der Waals surface area contributed by atoms with Crippen LogP contribution in [0.5, 0.6) is 0 Å². The maximum absolute atomic E-state index is 6.14. The number of rotatable bonds is 3. The van der Waals surface area contributed by atoms with Crippen LogP contribution in [0.3, 0.4) is 0 Å². The lowest BCUT2D eigenvalue weighted by Crippen LogP contribution is -2.32. The summed E-state index contributed by atoms with van der Waals surface area (Å²) in [5.41, 5.74) is -0.103. The summed E-state index contributed by atoms with van der Waals surface area (Å²) in [6.07, 6.45) is 2.37. The Morgan fingerprint density at radius 3 is 2.75 bits per heavy atom. The molecule has 0 N–H and O–H groups in total. The van der Waals surface area contributed by atoms with E-state index < -0.39 is 0 Å². The number of nitrogens with zero attached hydrogens (tertiary/aromatic N) is 3. The van der Waals surface area contributed by atoms with Gasteiger partial charge in [-0.05, 0) is 18.8 Å². The number of hydrogen-bond donors (Lipinski definition) is 0. The third kappa shape index (κ3) is 4.06. The molecule has 1 aliphatic rings. The van der Waals surface area contributed by atoms with E-state index >= 15 is 0 Å². The van der Waals surface area contributed by atoms with Crippen LogP contribution in [0.1, 0.15) is 39.4 Å². The molecule has 5 heteroatoms. The predicted octanol–water partition coefficient (Wildman–Crippen LogP) is 3.29. The van der Waals surface area contributed by atoms with Gasteiger partial charge in [0.05, 0.1) is 6.61 Å². The van der Waals surface area contributed by atoms with E-state index in [4.69, 9.17) is 16.3 Å². The lowest BCUT2D eigenvalue weighted by atomic mass is 9.96. The van der Waals surface area contributed by atoms with Gasteiger partial charge in [-0.3, -0.25) is 0 Å². The smallest absolute Gasteiger partial charge is 0.137 e. The van der Waals surface area contributed by atoms with Gasteiger partial charge in [0.1, 0.15) is 16.8 Å². The average molecular weight is 298 g/mol. The highest BCUT2D eigenvalue weighted by molar-refractivity contribution is 6.29. The zero-order chi connectivity index (χ0) is 14.8. The Morgan fingerprint density at radius 2 is 2.15 bits per heavy atom. The topological polar surface area (TPSA) is 38.2 Å². The number of anilines is 1. The normalized spacial score (nSPS) is 19.9. The number of ether oxygens (including phenoxy) is 1. The molecule has 20 heavy (non-hydrogen) atoms. The van der Waals surface area contributed by atoms with Crippen LogP contribution < -0.4 is 4.90 Å². The van der Waals surface area contributed by atoms with Crippen LogP contribution in [-0.2, 0) is 10.2 Å². The standard InChI is InChI=1S/C15H24ClN3O/c1-15(2,3)14-17-12(16)8-13(18-14)19(4)9-11-6-5-7-20-10-11/h8,11H,5-7,9-10H2,1-4H3. The predicted molar refractivity (Wildman–Crippen MR) is 82.6 cm³/mol. The third-order valence-electron chi connectivity index (χ3n) is 3.53. The lowest BCUT2D eigenvalue weighted by Gasteiger charge is -2.28. The first-order valence-corrected chi connectivity index (χ1v) is 7.58. The first-order chi connectivity index (χ1) is 9.36. The quantitative estimate of drug-likeness (QED) is 0.803. The number of halogens is 1. The Morgan fingerprint density at radius 1 is 1.40 bits per heavy atom. The van der Waals surface area contributed by atoms with E-state index in [1.807, 2.05) is 6.07 Å². The Kier molecular flexibility index (Phi) is 4.86. The van der Waals surface area contributed by atoms with Crippen LogP contribution in [0.2, 0.25) is 5.15 Å². The summed E-state index contributed by atoms with van der Waals surface area (Å²) in [6, 6.07) is 1.83. The highest BCUT2D eigenvalue weighted by Gasteiger charge is 2.21. The van der Waals surface area contributed by atoms with Crippen LogP contribution in [0.15, 0.2) is 6.07 Å². The summed E-state index contributed by atoms with van der Waals surface area (Å²) in [5.74, 6) is 2.24. The van der Waals surface area contributed by atoms with Crippen LogP contribution in [0.25, 0.3) is 0 Å². The third-order valence-corrected chi connectivity index (χ3v) is 3.72. The van der Waals surface area contributed by atoms with Crippen molar-refractivity contribution >= 4 is 17.4 Å². The number of aromatic nitrogens is 2. The molecule has 0 spiro atoms. The molecule has 0 aromatic carbocycles. The van der Waals surface area contributed by atoms with Crippen molar-refractivity contribution in [3.05, 3.63) is 17.0 Å². The van der Waals surface area contributed by atoms with Gasteiger partial charge in [0, 0.05) is 31.7 Å². The Balaban J connectivity index is 2.12. The van der Waals surface area contributed by atoms with Gasteiger partial charge >= 0.3 is 0 Å². The first kappa shape index (κ1) is 15.5.